The average Bonchev–Trinajstić information content (AvgIpc) is 2.72. The zero-order valence-electron chi connectivity index (χ0n) is 13.0. The second kappa shape index (κ2) is 5.77. The van der Waals surface area contributed by atoms with Crippen LogP contribution in [0.25, 0.3) is 10.9 Å². The monoisotopic (exact) mass is 289 g/mol. The molecule has 0 radical (unpaired) electrons. The Kier molecular flexibility index (Phi) is 4.23. The molecule has 0 bridgehead atoms. The van der Waals surface area contributed by atoms with Crippen LogP contribution in [0.3, 0.4) is 0 Å². The molecular formula is C16H23N3O2. The molecule has 0 aliphatic carbocycles. The molecule has 1 heterocycles. The summed E-state index contributed by atoms with van der Waals surface area (Å²) in [6.45, 7) is 5.91. The highest BCUT2D eigenvalue weighted by molar-refractivity contribution is 5.84. The van der Waals surface area contributed by atoms with Crippen molar-refractivity contribution in [2.75, 3.05) is 6.54 Å². The second-order valence-corrected chi connectivity index (χ2v) is 6.31. The van der Waals surface area contributed by atoms with Gasteiger partial charge in [0.15, 0.2) is 0 Å². The van der Waals surface area contributed by atoms with E-state index in [-0.39, 0.29) is 18.1 Å². The van der Waals surface area contributed by atoms with Gasteiger partial charge in [-0.1, -0.05) is 18.2 Å². The molecule has 1 atom stereocenters. The summed E-state index contributed by atoms with van der Waals surface area (Å²) in [5.74, 6) is 0. The van der Waals surface area contributed by atoms with Gasteiger partial charge in [0.1, 0.15) is 0 Å². The van der Waals surface area contributed by atoms with E-state index < -0.39 is 6.10 Å². The quantitative estimate of drug-likeness (QED) is 0.811. The van der Waals surface area contributed by atoms with Crippen LogP contribution in [0.4, 0.5) is 4.79 Å². The van der Waals surface area contributed by atoms with Gasteiger partial charge in [0.25, 0.3) is 0 Å². The molecule has 5 heteroatoms. The zero-order chi connectivity index (χ0) is 15.6. The number of hydrogen-bond acceptors (Lipinski definition) is 2. The van der Waals surface area contributed by atoms with E-state index in [9.17, 15) is 9.90 Å². The van der Waals surface area contributed by atoms with E-state index in [0.29, 0.717) is 0 Å². The number of aromatic nitrogens is 1. The van der Waals surface area contributed by atoms with Crippen molar-refractivity contribution in [2.24, 2.45) is 7.05 Å². The molecular weight excluding hydrogens is 266 g/mol. The SMILES string of the molecule is Cn1cc(C(O)CNC(=O)NC(C)(C)C)c2ccccc21. The maximum Gasteiger partial charge on any atom is 0.315 e. The number of para-hydroxylation sites is 1. The minimum absolute atomic E-state index is 0.177. The summed E-state index contributed by atoms with van der Waals surface area (Å²) in [6.07, 6.45) is 1.17. The Morgan fingerprint density at radius 2 is 2.00 bits per heavy atom. The molecule has 1 unspecified atom stereocenters. The summed E-state index contributed by atoms with van der Waals surface area (Å²) >= 11 is 0. The third-order valence-electron chi connectivity index (χ3n) is 3.23. The summed E-state index contributed by atoms with van der Waals surface area (Å²) in [5.41, 5.74) is 1.59. The van der Waals surface area contributed by atoms with Crippen LogP contribution in [-0.2, 0) is 7.05 Å². The number of fused-ring (bicyclic) bond motifs is 1. The molecule has 114 valence electrons. The van der Waals surface area contributed by atoms with Crippen molar-refractivity contribution in [2.45, 2.75) is 32.4 Å². The number of benzene rings is 1. The maximum atomic E-state index is 11.7. The van der Waals surface area contributed by atoms with Crippen LogP contribution in [0.1, 0.15) is 32.4 Å². The number of aliphatic hydroxyl groups excluding tert-OH is 1. The van der Waals surface area contributed by atoms with Crippen LogP contribution in [0.5, 0.6) is 0 Å². The van der Waals surface area contributed by atoms with Gasteiger partial charge in [-0.3, -0.25) is 0 Å². The highest BCUT2D eigenvalue weighted by Gasteiger charge is 2.17. The molecule has 0 saturated heterocycles. The lowest BCUT2D eigenvalue weighted by Gasteiger charge is -2.21. The molecule has 1 aromatic heterocycles. The van der Waals surface area contributed by atoms with Crippen LogP contribution in [-0.4, -0.2) is 27.8 Å². The lowest BCUT2D eigenvalue weighted by atomic mass is 10.1. The Bertz CT molecular complexity index is 640. The summed E-state index contributed by atoms with van der Waals surface area (Å²) in [5, 5.41) is 16.8. The molecule has 21 heavy (non-hydrogen) atoms. The summed E-state index contributed by atoms with van der Waals surface area (Å²) in [7, 11) is 1.94. The highest BCUT2D eigenvalue weighted by Crippen LogP contribution is 2.25. The van der Waals surface area contributed by atoms with Gasteiger partial charge in [0, 0.05) is 41.8 Å². The number of aliphatic hydroxyl groups is 1. The number of amides is 2. The third kappa shape index (κ3) is 3.76. The fourth-order valence-corrected chi connectivity index (χ4v) is 2.32. The van der Waals surface area contributed by atoms with Crippen molar-refractivity contribution in [1.29, 1.82) is 0 Å². The van der Waals surface area contributed by atoms with Crippen molar-refractivity contribution in [3.63, 3.8) is 0 Å². The number of urea groups is 1. The number of hydrogen-bond donors (Lipinski definition) is 3. The topological polar surface area (TPSA) is 66.3 Å². The Balaban J connectivity index is 2.06. The van der Waals surface area contributed by atoms with Crippen LogP contribution in [0.2, 0.25) is 0 Å². The lowest BCUT2D eigenvalue weighted by molar-refractivity contribution is 0.172. The molecule has 2 amide bonds. The number of carbonyl (C=O) groups excluding carboxylic acids is 1. The van der Waals surface area contributed by atoms with Crippen molar-refractivity contribution in [3.05, 3.63) is 36.0 Å². The minimum Gasteiger partial charge on any atom is -0.386 e. The summed E-state index contributed by atoms with van der Waals surface area (Å²) in [4.78, 5) is 11.7. The van der Waals surface area contributed by atoms with Gasteiger partial charge < -0.3 is 20.3 Å². The molecule has 0 aliphatic rings. The molecule has 5 nitrogen and oxygen atoms in total. The molecule has 0 aliphatic heterocycles. The smallest absolute Gasteiger partial charge is 0.315 e. The Hall–Kier alpha value is -2.01. The number of nitrogens with one attached hydrogen (secondary N) is 2. The van der Waals surface area contributed by atoms with Gasteiger partial charge in [-0.25, -0.2) is 4.79 Å². The predicted octanol–water partition coefficient (Wildman–Crippen LogP) is 2.31. The molecule has 0 fully saturated rings. The predicted molar refractivity (Wildman–Crippen MR) is 84.2 cm³/mol. The largest absolute Gasteiger partial charge is 0.386 e. The first kappa shape index (κ1) is 15.4. The molecule has 2 aromatic rings. The second-order valence-electron chi connectivity index (χ2n) is 6.31. The van der Waals surface area contributed by atoms with Gasteiger partial charge in [-0.15, -0.1) is 0 Å². The van der Waals surface area contributed by atoms with Gasteiger partial charge in [0.05, 0.1) is 6.10 Å². The van der Waals surface area contributed by atoms with Crippen LogP contribution < -0.4 is 10.6 Å². The summed E-state index contributed by atoms with van der Waals surface area (Å²) in [6, 6.07) is 7.61. The highest BCUT2D eigenvalue weighted by atomic mass is 16.3. The fourth-order valence-electron chi connectivity index (χ4n) is 2.32. The third-order valence-corrected chi connectivity index (χ3v) is 3.23. The van der Waals surface area contributed by atoms with Crippen molar-refractivity contribution >= 4 is 16.9 Å². The zero-order valence-corrected chi connectivity index (χ0v) is 13.0. The number of carbonyl (C=O) groups is 1. The summed E-state index contributed by atoms with van der Waals surface area (Å²) < 4.78 is 1.98. The fraction of sp³-hybridized carbons (Fsp3) is 0.438. The van der Waals surface area contributed by atoms with E-state index in [2.05, 4.69) is 10.6 Å². The first-order valence-corrected chi connectivity index (χ1v) is 7.06. The maximum absolute atomic E-state index is 11.7. The van der Waals surface area contributed by atoms with Gasteiger partial charge in [-0.05, 0) is 26.8 Å². The van der Waals surface area contributed by atoms with E-state index in [1.807, 2.05) is 62.8 Å². The Morgan fingerprint density at radius 1 is 1.33 bits per heavy atom. The van der Waals surface area contributed by atoms with Crippen molar-refractivity contribution in [1.82, 2.24) is 15.2 Å². The van der Waals surface area contributed by atoms with Crippen molar-refractivity contribution in [3.8, 4) is 0 Å². The number of aryl methyl sites for hydroxylation is 1. The average molecular weight is 289 g/mol. The standard InChI is InChI=1S/C16H23N3O2/c1-16(2,3)18-15(21)17-9-14(20)12-10-19(4)13-8-6-5-7-11(12)13/h5-8,10,14,20H,9H2,1-4H3,(H2,17,18,21). The first-order chi connectivity index (χ1) is 9.78. The van der Waals surface area contributed by atoms with Gasteiger partial charge in [0.2, 0.25) is 0 Å². The molecule has 3 N–H and O–H groups in total. The lowest BCUT2D eigenvalue weighted by Crippen LogP contribution is -2.47. The van der Waals surface area contributed by atoms with Gasteiger partial charge >= 0.3 is 6.03 Å². The number of rotatable bonds is 3. The Morgan fingerprint density at radius 3 is 2.67 bits per heavy atom. The normalized spacial score (nSPS) is 13.2. The Labute approximate surface area is 125 Å². The first-order valence-electron chi connectivity index (χ1n) is 7.06. The number of nitrogens with zero attached hydrogens (tertiary/aromatic N) is 1. The molecule has 2 rings (SSSR count). The van der Waals surface area contributed by atoms with Crippen molar-refractivity contribution < 1.29 is 9.90 Å². The minimum atomic E-state index is -0.734. The van der Waals surface area contributed by atoms with E-state index in [1.165, 1.54) is 0 Å². The molecule has 1 aromatic carbocycles. The molecule has 0 saturated carbocycles. The van der Waals surface area contributed by atoms with Crippen LogP contribution in [0.15, 0.2) is 30.5 Å². The van der Waals surface area contributed by atoms with Crippen LogP contribution >= 0.6 is 0 Å². The van der Waals surface area contributed by atoms with E-state index in [0.717, 1.165) is 16.5 Å². The van der Waals surface area contributed by atoms with Crippen LogP contribution in [0, 0.1) is 0 Å². The van der Waals surface area contributed by atoms with E-state index in [1.54, 1.807) is 0 Å². The van der Waals surface area contributed by atoms with Gasteiger partial charge in [-0.2, -0.15) is 0 Å². The van der Waals surface area contributed by atoms with E-state index in [4.69, 9.17) is 0 Å². The molecule has 0 spiro atoms. The van der Waals surface area contributed by atoms with E-state index >= 15 is 0 Å².